The number of carbonyl (C=O) groups is 1. The number of nitrogens with one attached hydrogen (secondary N) is 1. The first-order chi connectivity index (χ1) is 13.1. The van der Waals surface area contributed by atoms with Gasteiger partial charge in [0.1, 0.15) is 5.75 Å². The molecular weight excluding hydrogens is 342 g/mol. The second-order valence-electron chi connectivity index (χ2n) is 8.92. The van der Waals surface area contributed by atoms with Crippen LogP contribution in [-0.4, -0.2) is 37.4 Å². The molecule has 148 valence electrons. The minimum absolute atomic E-state index is 0.154. The van der Waals surface area contributed by atoms with Crippen LogP contribution in [0, 0.1) is 23.2 Å². The Labute approximate surface area is 161 Å². The molecule has 0 radical (unpaired) electrons. The molecule has 4 fully saturated rings. The van der Waals surface area contributed by atoms with Crippen LogP contribution in [0.5, 0.6) is 5.75 Å². The van der Waals surface area contributed by atoms with Gasteiger partial charge in [-0.25, -0.2) is 0 Å². The van der Waals surface area contributed by atoms with Gasteiger partial charge >= 0.3 is 0 Å². The minimum Gasteiger partial charge on any atom is -0.497 e. The third-order valence-corrected chi connectivity index (χ3v) is 6.76. The molecule has 1 aromatic carbocycles. The predicted octanol–water partition coefficient (Wildman–Crippen LogP) is 2.91. The Morgan fingerprint density at radius 2 is 1.74 bits per heavy atom. The molecule has 4 aliphatic carbocycles. The van der Waals surface area contributed by atoms with Crippen LogP contribution in [0.3, 0.4) is 0 Å². The number of hydrogen-bond donors (Lipinski definition) is 2. The summed E-state index contributed by atoms with van der Waals surface area (Å²) in [6, 6.07) is 7.67. The van der Waals surface area contributed by atoms with Crippen molar-refractivity contribution < 1.29 is 19.4 Å². The van der Waals surface area contributed by atoms with E-state index in [1.807, 2.05) is 24.3 Å². The second kappa shape index (κ2) is 7.80. The Morgan fingerprint density at radius 1 is 1.15 bits per heavy atom. The number of benzene rings is 1. The lowest BCUT2D eigenvalue weighted by Crippen LogP contribution is -2.54. The van der Waals surface area contributed by atoms with Gasteiger partial charge in [0, 0.05) is 12.0 Å². The van der Waals surface area contributed by atoms with Crippen LogP contribution < -0.4 is 10.1 Å². The summed E-state index contributed by atoms with van der Waals surface area (Å²) in [6.45, 7) is 0.917. The van der Waals surface area contributed by atoms with Gasteiger partial charge in [0.15, 0.2) is 0 Å². The molecule has 1 amide bonds. The summed E-state index contributed by atoms with van der Waals surface area (Å²) in [5, 5.41) is 13.2. The Bertz CT molecular complexity index is 621. The number of hydrogen-bond acceptors (Lipinski definition) is 4. The Morgan fingerprint density at radius 3 is 2.30 bits per heavy atom. The zero-order chi connectivity index (χ0) is 18.9. The highest BCUT2D eigenvalue weighted by Gasteiger charge is 2.54. The van der Waals surface area contributed by atoms with Gasteiger partial charge < -0.3 is 19.9 Å². The standard InChI is InChI=1S/C22H31NO4/c1-26-20-4-2-15(3-5-20)13-27-14-19(24)12-23-21(25)22-9-16-6-17(10-22)8-18(7-16)11-22/h2-5,16-19,24H,6-14H2,1H3,(H,23,25)/t16?,17?,18?,19-,22?/m1/s1. The highest BCUT2D eigenvalue weighted by Crippen LogP contribution is 2.60. The van der Waals surface area contributed by atoms with Crippen molar-refractivity contribution in [2.45, 2.75) is 51.2 Å². The van der Waals surface area contributed by atoms with E-state index in [1.165, 1.54) is 19.3 Å². The van der Waals surface area contributed by atoms with Gasteiger partial charge in [0.2, 0.25) is 5.91 Å². The lowest BCUT2D eigenvalue weighted by Gasteiger charge is -2.55. The number of ether oxygens (including phenoxy) is 2. The summed E-state index contributed by atoms with van der Waals surface area (Å²) < 4.78 is 10.7. The van der Waals surface area contributed by atoms with E-state index in [0.29, 0.717) is 6.61 Å². The first-order valence-electron chi connectivity index (χ1n) is 10.2. The fourth-order valence-corrected chi connectivity index (χ4v) is 5.88. The molecule has 4 saturated carbocycles. The van der Waals surface area contributed by atoms with Crippen molar-refractivity contribution in [1.29, 1.82) is 0 Å². The topological polar surface area (TPSA) is 67.8 Å². The van der Waals surface area contributed by atoms with Gasteiger partial charge in [0.25, 0.3) is 0 Å². The number of rotatable bonds is 8. The molecule has 0 spiro atoms. The van der Waals surface area contributed by atoms with Gasteiger partial charge in [-0.15, -0.1) is 0 Å². The maximum atomic E-state index is 12.9. The molecule has 4 aliphatic rings. The maximum absolute atomic E-state index is 12.9. The zero-order valence-corrected chi connectivity index (χ0v) is 16.2. The fourth-order valence-electron chi connectivity index (χ4n) is 5.88. The Hall–Kier alpha value is -1.59. The number of amides is 1. The SMILES string of the molecule is COc1ccc(COC[C@H](O)CNC(=O)C23CC4CC(CC(C4)C2)C3)cc1. The van der Waals surface area contributed by atoms with Crippen LogP contribution in [-0.2, 0) is 16.1 Å². The molecule has 4 bridgehead atoms. The number of carbonyl (C=O) groups excluding carboxylic acids is 1. The van der Waals surface area contributed by atoms with Crippen LogP contribution in [0.4, 0.5) is 0 Å². The molecular formula is C22H31NO4. The van der Waals surface area contributed by atoms with Crippen LogP contribution in [0.15, 0.2) is 24.3 Å². The van der Waals surface area contributed by atoms with Gasteiger partial charge in [-0.05, 0) is 74.0 Å². The molecule has 27 heavy (non-hydrogen) atoms. The average molecular weight is 373 g/mol. The molecule has 1 atom stereocenters. The molecule has 5 nitrogen and oxygen atoms in total. The highest BCUT2D eigenvalue weighted by molar-refractivity contribution is 5.83. The van der Waals surface area contributed by atoms with Crippen molar-refractivity contribution in [3.8, 4) is 5.75 Å². The van der Waals surface area contributed by atoms with Crippen molar-refractivity contribution in [1.82, 2.24) is 5.32 Å². The van der Waals surface area contributed by atoms with E-state index in [4.69, 9.17) is 9.47 Å². The molecule has 2 N–H and O–H groups in total. The van der Waals surface area contributed by atoms with Crippen molar-refractivity contribution in [3.05, 3.63) is 29.8 Å². The minimum atomic E-state index is -0.680. The average Bonchev–Trinajstić information content (AvgIpc) is 2.65. The lowest BCUT2D eigenvalue weighted by molar-refractivity contribution is -0.146. The lowest BCUT2D eigenvalue weighted by atomic mass is 9.49. The monoisotopic (exact) mass is 373 g/mol. The van der Waals surface area contributed by atoms with E-state index >= 15 is 0 Å². The highest BCUT2D eigenvalue weighted by atomic mass is 16.5. The quantitative estimate of drug-likeness (QED) is 0.735. The third kappa shape index (κ3) is 4.14. The van der Waals surface area contributed by atoms with E-state index in [-0.39, 0.29) is 24.5 Å². The van der Waals surface area contributed by atoms with Crippen molar-refractivity contribution in [3.63, 3.8) is 0 Å². The van der Waals surface area contributed by atoms with Crippen LogP contribution >= 0.6 is 0 Å². The van der Waals surface area contributed by atoms with E-state index in [9.17, 15) is 9.90 Å². The second-order valence-corrected chi connectivity index (χ2v) is 8.92. The van der Waals surface area contributed by atoms with Crippen LogP contribution in [0.1, 0.15) is 44.1 Å². The zero-order valence-electron chi connectivity index (χ0n) is 16.2. The maximum Gasteiger partial charge on any atom is 0.226 e. The summed E-state index contributed by atoms with van der Waals surface area (Å²) in [5.41, 5.74) is 0.874. The molecule has 1 aromatic rings. The van der Waals surface area contributed by atoms with Crippen LogP contribution in [0.2, 0.25) is 0 Å². The first kappa shape index (κ1) is 18.8. The first-order valence-corrected chi connectivity index (χ1v) is 10.2. The van der Waals surface area contributed by atoms with Crippen molar-refractivity contribution in [2.75, 3.05) is 20.3 Å². The third-order valence-electron chi connectivity index (χ3n) is 6.76. The Kier molecular flexibility index (Phi) is 5.42. The van der Waals surface area contributed by atoms with E-state index in [1.54, 1.807) is 7.11 Å². The summed E-state index contributed by atoms with van der Waals surface area (Å²) >= 11 is 0. The Balaban J connectivity index is 1.20. The predicted molar refractivity (Wildman–Crippen MR) is 102 cm³/mol. The summed E-state index contributed by atoms with van der Waals surface area (Å²) in [4.78, 5) is 12.9. The van der Waals surface area contributed by atoms with Gasteiger partial charge in [-0.3, -0.25) is 4.79 Å². The number of aliphatic hydroxyl groups excluding tert-OH is 1. The normalized spacial score (nSPS) is 32.3. The van der Waals surface area contributed by atoms with Crippen molar-refractivity contribution in [2.24, 2.45) is 23.2 Å². The van der Waals surface area contributed by atoms with Crippen molar-refractivity contribution >= 4 is 5.91 Å². The molecule has 0 aromatic heterocycles. The molecule has 0 saturated heterocycles. The molecule has 0 heterocycles. The fraction of sp³-hybridized carbons (Fsp3) is 0.682. The van der Waals surface area contributed by atoms with Gasteiger partial charge in [-0.1, -0.05) is 12.1 Å². The summed E-state index contributed by atoms with van der Waals surface area (Å²) in [5.74, 6) is 3.22. The summed E-state index contributed by atoms with van der Waals surface area (Å²) in [6.07, 6.45) is 6.46. The molecule has 0 aliphatic heterocycles. The molecule has 5 rings (SSSR count). The molecule has 5 heteroatoms. The van der Waals surface area contributed by atoms with E-state index < -0.39 is 6.10 Å². The van der Waals surface area contributed by atoms with E-state index in [0.717, 1.165) is 48.3 Å². The van der Waals surface area contributed by atoms with E-state index in [2.05, 4.69) is 5.32 Å². The summed E-state index contributed by atoms with van der Waals surface area (Å²) in [7, 11) is 1.64. The largest absolute Gasteiger partial charge is 0.497 e. The smallest absolute Gasteiger partial charge is 0.226 e. The number of methoxy groups -OCH3 is 1. The molecule has 0 unspecified atom stereocenters. The van der Waals surface area contributed by atoms with Gasteiger partial charge in [-0.2, -0.15) is 0 Å². The van der Waals surface area contributed by atoms with Crippen LogP contribution in [0.25, 0.3) is 0 Å². The van der Waals surface area contributed by atoms with Gasteiger partial charge in [0.05, 0.1) is 26.4 Å². The number of aliphatic hydroxyl groups is 1.